The Morgan fingerprint density at radius 3 is 3.00 bits per heavy atom. The minimum atomic E-state index is 0.760. The maximum absolute atomic E-state index is 3.41. The Morgan fingerprint density at radius 2 is 2.19 bits per heavy atom. The lowest BCUT2D eigenvalue weighted by Crippen LogP contribution is -2.55. The number of rotatable bonds is 5. The Hall–Kier alpha value is -0.120. The van der Waals surface area contributed by atoms with Crippen molar-refractivity contribution < 1.29 is 0 Å². The molecule has 94 valence electrons. The maximum atomic E-state index is 3.41. The molecule has 0 bridgehead atoms. The zero-order valence-corrected chi connectivity index (χ0v) is 10.9. The smallest absolute Gasteiger partial charge is 0.0224 e. The van der Waals surface area contributed by atoms with Crippen LogP contribution in [0.1, 0.15) is 33.1 Å². The molecule has 16 heavy (non-hydrogen) atoms. The third kappa shape index (κ3) is 2.96. The normalized spacial score (nSPS) is 31.9. The first-order valence-electron chi connectivity index (χ1n) is 7.00. The van der Waals surface area contributed by atoms with Crippen molar-refractivity contribution in [3.63, 3.8) is 0 Å². The summed E-state index contributed by atoms with van der Waals surface area (Å²) in [6, 6.07) is 1.63. The van der Waals surface area contributed by atoms with Gasteiger partial charge in [-0.2, -0.15) is 0 Å². The molecule has 2 aliphatic rings. The molecule has 0 aromatic rings. The molecule has 2 fully saturated rings. The summed E-state index contributed by atoms with van der Waals surface area (Å²) in [6.45, 7) is 12.1. The highest BCUT2D eigenvalue weighted by Gasteiger charge is 2.33. The first-order valence-corrected chi connectivity index (χ1v) is 7.00. The van der Waals surface area contributed by atoms with Gasteiger partial charge in [-0.1, -0.05) is 6.92 Å². The number of hydrogen-bond acceptors (Lipinski definition) is 3. The van der Waals surface area contributed by atoms with Crippen molar-refractivity contribution in [3.05, 3.63) is 0 Å². The highest BCUT2D eigenvalue weighted by molar-refractivity contribution is 4.90. The van der Waals surface area contributed by atoms with Crippen LogP contribution in [0.25, 0.3) is 0 Å². The quantitative estimate of drug-likeness (QED) is 0.708. The van der Waals surface area contributed by atoms with Crippen molar-refractivity contribution >= 4 is 0 Å². The number of piperazine rings is 1. The molecule has 2 unspecified atom stereocenters. The minimum Gasteiger partial charge on any atom is -0.317 e. The highest BCUT2D eigenvalue weighted by Crippen LogP contribution is 2.24. The predicted molar refractivity (Wildman–Crippen MR) is 68.8 cm³/mol. The Kier molecular flexibility index (Phi) is 4.62. The van der Waals surface area contributed by atoms with Crippen LogP contribution in [0.15, 0.2) is 0 Å². The molecule has 2 rings (SSSR count). The zero-order valence-electron chi connectivity index (χ0n) is 10.9. The molecule has 3 nitrogen and oxygen atoms in total. The van der Waals surface area contributed by atoms with Gasteiger partial charge < -0.3 is 5.32 Å². The summed E-state index contributed by atoms with van der Waals surface area (Å²) in [5.74, 6) is 0. The van der Waals surface area contributed by atoms with Crippen LogP contribution >= 0.6 is 0 Å². The van der Waals surface area contributed by atoms with Crippen LogP contribution in [0.2, 0.25) is 0 Å². The van der Waals surface area contributed by atoms with Gasteiger partial charge in [0.25, 0.3) is 0 Å². The molecule has 3 heteroatoms. The summed E-state index contributed by atoms with van der Waals surface area (Å²) in [4.78, 5) is 5.40. The van der Waals surface area contributed by atoms with Crippen molar-refractivity contribution in [2.45, 2.75) is 45.2 Å². The van der Waals surface area contributed by atoms with Crippen LogP contribution in [0, 0.1) is 0 Å². The minimum absolute atomic E-state index is 0.760. The molecule has 2 aliphatic heterocycles. The second kappa shape index (κ2) is 5.99. The Bertz CT molecular complexity index is 207. The van der Waals surface area contributed by atoms with Crippen molar-refractivity contribution in [1.82, 2.24) is 15.1 Å². The predicted octanol–water partition coefficient (Wildman–Crippen LogP) is 1.15. The van der Waals surface area contributed by atoms with Gasteiger partial charge in [-0.05, 0) is 52.4 Å². The molecule has 0 spiro atoms. The van der Waals surface area contributed by atoms with Crippen molar-refractivity contribution in [2.75, 3.05) is 39.3 Å². The number of hydrogen-bond donors (Lipinski definition) is 1. The SMILES string of the molecule is CCNCCCN1CC2CCCN2CC1C. The van der Waals surface area contributed by atoms with Gasteiger partial charge >= 0.3 is 0 Å². The Morgan fingerprint density at radius 1 is 1.31 bits per heavy atom. The summed E-state index contributed by atoms with van der Waals surface area (Å²) in [6.07, 6.45) is 4.14. The average Bonchev–Trinajstić information content (AvgIpc) is 2.71. The van der Waals surface area contributed by atoms with E-state index in [0.717, 1.165) is 18.6 Å². The van der Waals surface area contributed by atoms with Gasteiger partial charge in [0.05, 0.1) is 0 Å². The molecule has 2 saturated heterocycles. The van der Waals surface area contributed by atoms with Crippen molar-refractivity contribution in [2.24, 2.45) is 0 Å². The van der Waals surface area contributed by atoms with Gasteiger partial charge in [0.1, 0.15) is 0 Å². The average molecular weight is 225 g/mol. The molecule has 0 radical (unpaired) electrons. The molecule has 2 atom stereocenters. The summed E-state index contributed by atoms with van der Waals surface area (Å²) < 4.78 is 0. The van der Waals surface area contributed by atoms with Crippen molar-refractivity contribution in [3.8, 4) is 0 Å². The molecule has 0 aromatic carbocycles. The molecule has 0 saturated carbocycles. The first-order chi connectivity index (χ1) is 7.81. The van der Waals surface area contributed by atoms with E-state index < -0.39 is 0 Å². The van der Waals surface area contributed by atoms with E-state index in [2.05, 4.69) is 29.0 Å². The third-order valence-electron chi connectivity index (χ3n) is 4.12. The van der Waals surface area contributed by atoms with Crippen LogP contribution in [0.3, 0.4) is 0 Å². The van der Waals surface area contributed by atoms with E-state index in [4.69, 9.17) is 0 Å². The molecule has 0 aromatic heterocycles. The lowest BCUT2D eigenvalue weighted by Gasteiger charge is -2.42. The fraction of sp³-hybridized carbons (Fsp3) is 1.00. The topological polar surface area (TPSA) is 18.5 Å². The van der Waals surface area contributed by atoms with Gasteiger partial charge in [-0.3, -0.25) is 9.80 Å². The summed E-state index contributed by atoms with van der Waals surface area (Å²) in [5, 5.41) is 3.41. The van der Waals surface area contributed by atoms with E-state index in [0.29, 0.717) is 0 Å². The molecule has 1 N–H and O–H groups in total. The second-order valence-corrected chi connectivity index (χ2v) is 5.34. The molecular formula is C13H27N3. The molecular weight excluding hydrogens is 198 g/mol. The van der Waals surface area contributed by atoms with E-state index in [1.54, 1.807) is 0 Å². The lowest BCUT2D eigenvalue weighted by atomic mass is 10.1. The molecule has 0 amide bonds. The third-order valence-corrected chi connectivity index (χ3v) is 4.12. The maximum Gasteiger partial charge on any atom is 0.0224 e. The van der Waals surface area contributed by atoms with Gasteiger partial charge in [0.2, 0.25) is 0 Å². The van der Waals surface area contributed by atoms with E-state index in [-0.39, 0.29) is 0 Å². The van der Waals surface area contributed by atoms with E-state index in [1.165, 1.54) is 52.0 Å². The second-order valence-electron chi connectivity index (χ2n) is 5.34. The van der Waals surface area contributed by atoms with Crippen LogP contribution in [-0.2, 0) is 0 Å². The van der Waals surface area contributed by atoms with Crippen LogP contribution in [0.5, 0.6) is 0 Å². The van der Waals surface area contributed by atoms with Crippen molar-refractivity contribution in [1.29, 1.82) is 0 Å². The molecule has 2 heterocycles. The van der Waals surface area contributed by atoms with Gasteiger partial charge in [-0.15, -0.1) is 0 Å². The lowest BCUT2D eigenvalue weighted by molar-refractivity contribution is 0.0589. The monoisotopic (exact) mass is 225 g/mol. The largest absolute Gasteiger partial charge is 0.317 e. The standard InChI is InChI=1S/C13H27N3/c1-3-14-7-5-9-15-11-13-6-4-8-16(13)10-12(15)2/h12-14H,3-11H2,1-2H3. The highest BCUT2D eigenvalue weighted by atomic mass is 15.3. The van der Waals surface area contributed by atoms with E-state index in [9.17, 15) is 0 Å². The van der Waals surface area contributed by atoms with Gasteiger partial charge in [0.15, 0.2) is 0 Å². The van der Waals surface area contributed by atoms with Gasteiger partial charge in [0, 0.05) is 25.2 Å². The summed E-state index contributed by atoms with van der Waals surface area (Å²) in [5.41, 5.74) is 0. The zero-order chi connectivity index (χ0) is 11.4. The van der Waals surface area contributed by atoms with Crippen LogP contribution in [0.4, 0.5) is 0 Å². The first kappa shape index (κ1) is 12.3. The fourth-order valence-electron chi connectivity index (χ4n) is 3.14. The summed E-state index contributed by atoms with van der Waals surface area (Å²) in [7, 11) is 0. The Balaban J connectivity index is 1.72. The van der Waals surface area contributed by atoms with Crippen LogP contribution < -0.4 is 5.32 Å². The molecule has 0 aliphatic carbocycles. The van der Waals surface area contributed by atoms with Gasteiger partial charge in [-0.25, -0.2) is 0 Å². The fourth-order valence-corrected chi connectivity index (χ4v) is 3.14. The van der Waals surface area contributed by atoms with E-state index in [1.807, 2.05) is 0 Å². The number of fused-ring (bicyclic) bond motifs is 1. The summed E-state index contributed by atoms with van der Waals surface area (Å²) >= 11 is 0. The Labute approximate surface area is 100 Å². The number of nitrogens with zero attached hydrogens (tertiary/aromatic N) is 2. The van der Waals surface area contributed by atoms with Crippen LogP contribution in [-0.4, -0.2) is 61.2 Å². The number of nitrogens with one attached hydrogen (secondary N) is 1. The van der Waals surface area contributed by atoms with E-state index >= 15 is 0 Å².